The van der Waals surface area contributed by atoms with Gasteiger partial charge in [-0.1, -0.05) is 17.7 Å². The first-order valence-corrected chi connectivity index (χ1v) is 5.48. The molecule has 2 aromatic rings. The molecule has 82 valence electrons. The van der Waals surface area contributed by atoms with E-state index in [0.29, 0.717) is 22.5 Å². The summed E-state index contributed by atoms with van der Waals surface area (Å²) in [5.74, 6) is 1.47. The van der Waals surface area contributed by atoms with Crippen molar-refractivity contribution >= 4 is 23.2 Å². The van der Waals surface area contributed by atoms with Gasteiger partial charge in [0.25, 0.3) is 0 Å². The van der Waals surface area contributed by atoms with E-state index in [0.717, 1.165) is 5.56 Å². The molecular weight excluding hydrogens is 247 g/mol. The smallest absolute Gasteiger partial charge is 0.219 e. The first-order valence-electron chi connectivity index (χ1n) is 4.57. The summed E-state index contributed by atoms with van der Waals surface area (Å²) < 4.78 is 5.46. The zero-order valence-electron chi connectivity index (χ0n) is 8.23. The van der Waals surface area contributed by atoms with Crippen LogP contribution in [0.3, 0.4) is 0 Å². The average molecular weight is 255 g/mol. The number of alkyl halides is 1. The van der Waals surface area contributed by atoms with E-state index < -0.39 is 0 Å². The van der Waals surface area contributed by atoms with Crippen molar-refractivity contribution in [2.75, 3.05) is 0 Å². The third kappa shape index (κ3) is 2.84. The Bertz CT molecular complexity index is 474. The van der Waals surface area contributed by atoms with Crippen molar-refractivity contribution in [3.05, 3.63) is 47.4 Å². The number of pyridine rings is 2. The van der Waals surface area contributed by atoms with Crippen LogP contribution in [0.2, 0.25) is 5.02 Å². The largest absolute Gasteiger partial charge is 0.437 e. The Balaban J connectivity index is 2.14. The van der Waals surface area contributed by atoms with Crippen LogP contribution in [0.15, 0.2) is 36.8 Å². The number of nitrogens with zero attached hydrogens (tertiary/aromatic N) is 2. The van der Waals surface area contributed by atoms with E-state index in [9.17, 15) is 0 Å². The molecule has 5 heteroatoms. The van der Waals surface area contributed by atoms with Crippen molar-refractivity contribution in [2.24, 2.45) is 0 Å². The molecule has 2 heterocycles. The predicted molar refractivity (Wildman–Crippen MR) is 63.1 cm³/mol. The fourth-order valence-corrected chi connectivity index (χ4v) is 1.44. The van der Waals surface area contributed by atoms with Crippen LogP contribution in [0.1, 0.15) is 5.56 Å². The van der Waals surface area contributed by atoms with E-state index in [4.69, 9.17) is 27.9 Å². The lowest BCUT2D eigenvalue weighted by Gasteiger charge is -2.04. The Hall–Kier alpha value is -1.32. The summed E-state index contributed by atoms with van der Waals surface area (Å²) in [6.45, 7) is 0. The Morgan fingerprint density at radius 3 is 2.69 bits per heavy atom. The maximum absolute atomic E-state index is 5.78. The van der Waals surface area contributed by atoms with Crippen molar-refractivity contribution in [3.63, 3.8) is 0 Å². The Kier molecular flexibility index (Phi) is 3.59. The molecule has 0 saturated heterocycles. The molecule has 0 unspecified atom stereocenters. The van der Waals surface area contributed by atoms with Crippen molar-refractivity contribution in [2.45, 2.75) is 5.88 Å². The maximum Gasteiger partial charge on any atom is 0.219 e. The molecular formula is C11H8Cl2N2O. The van der Waals surface area contributed by atoms with Crippen LogP contribution in [0, 0.1) is 0 Å². The molecule has 0 saturated carbocycles. The van der Waals surface area contributed by atoms with Gasteiger partial charge in [-0.15, -0.1) is 11.6 Å². The lowest BCUT2D eigenvalue weighted by molar-refractivity contribution is 0.460. The van der Waals surface area contributed by atoms with Crippen LogP contribution < -0.4 is 4.74 Å². The van der Waals surface area contributed by atoms with E-state index in [-0.39, 0.29) is 0 Å². The summed E-state index contributed by atoms with van der Waals surface area (Å²) in [5, 5.41) is 0.523. The van der Waals surface area contributed by atoms with Crippen molar-refractivity contribution in [1.29, 1.82) is 0 Å². The molecule has 2 aromatic heterocycles. The average Bonchev–Trinajstić information content (AvgIpc) is 2.30. The van der Waals surface area contributed by atoms with Crippen molar-refractivity contribution < 1.29 is 4.74 Å². The van der Waals surface area contributed by atoms with Crippen LogP contribution >= 0.6 is 23.2 Å². The molecule has 16 heavy (non-hydrogen) atoms. The van der Waals surface area contributed by atoms with Crippen molar-refractivity contribution in [1.82, 2.24) is 9.97 Å². The summed E-state index contributed by atoms with van der Waals surface area (Å²) in [6.07, 6.45) is 4.78. The molecule has 0 bridgehead atoms. The standard InChI is InChI=1S/C11H8Cl2N2O/c12-4-8-1-2-11(15-5-8)16-10-3-9(13)6-14-7-10/h1-3,5-7H,4H2. The van der Waals surface area contributed by atoms with E-state index in [2.05, 4.69) is 9.97 Å². The molecule has 0 fully saturated rings. The Morgan fingerprint density at radius 1 is 1.19 bits per heavy atom. The van der Waals surface area contributed by atoms with Gasteiger partial charge in [-0.05, 0) is 5.56 Å². The fraction of sp³-hybridized carbons (Fsp3) is 0.0909. The van der Waals surface area contributed by atoms with Gasteiger partial charge < -0.3 is 4.74 Å². The highest BCUT2D eigenvalue weighted by atomic mass is 35.5. The topological polar surface area (TPSA) is 35.0 Å². The summed E-state index contributed by atoms with van der Waals surface area (Å²) in [4.78, 5) is 8.01. The third-order valence-electron chi connectivity index (χ3n) is 1.85. The van der Waals surface area contributed by atoms with Gasteiger partial charge in [0, 0.05) is 30.4 Å². The maximum atomic E-state index is 5.78. The second-order valence-electron chi connectivity index (χ2n) is 3.08. The zero-order chi connectivity index (χ0) is 11.4. The molecule has 0 spiro atoms. The number of hydrogen-bond donors (Lipinski definition) is 0. The molecule has 0 aliphatic rings. The van der Waals surface area contributed by atoms with E-state index in [1.54, 1.807) is 30.7 Å². The first-order chi connectivity index (χ1) is 7.78. The zero-order valence-corrected chi connectivity index (χ0v) is 9.74. The van der Waals surface area contributed by atoms with E-state index >= 15 is 0 Å². The molecule has 0 atom stereocenters. The normalized spacial score (nSPS) is 10.1. The monoisotopic (exact) mass is 254 g/mol. The first kappa shape index (κ1) is 11.2. The van der Waals surface area contributed by atoms with Gasteiger partial charge in [-0.25, -0.2) is 4.98 Å². The van der Waals surface area contributed by atoms with Crippen LogP contribution in [0.4, 0.5) is 0 Å². The highest BCUT2D eigenvalue weighted by Crippen LogP contribution is 2.21. The number of halogens is 2. The second kappa shape index (κ2) is 5.14. The van der Waals surface area contributed by atoms with Gasteiger partial charge in [-0.2, -0.15) is 0 Å². The summed E-state index contributed by atoms with van der Waals surface area (Å²) in [6, 6.07) is 5.28. The quantitative estimate of drug-likeness (QED) is 0.785. The summed E-state index contributed by atoms with van der Waals surface area (Å²) in [5.41, 5.74) is 0.943. The second-order valence-corrected chi connectivity index (χ2v) is 3.78. The van der Waals surface area contributed by atoms with Gasteiger partial charge >= 0.3 is 0 Å². The van der Waals surface area contributed by atoms with Gasteiger partial charge in [0.15, 0.2) is 0 Å². The highest BCUT2D eigenvalue weighted by molar-refractivity contribution is 6.30. The van der Waals surface area contributed by atoms with E-state index in [1.165, 1.54) is 0 Å². The number of ether oxygens (including phenoxy) is 1. The molecule has 0 aliphatic carbocycles. The molecule has 0 radical (unpaired) electrons. The minimum Gasteiger partial charge on any atom is -0.437 e. The molecule has 2 rings (SSSR count). The molecule has 3 nitrogen and oxygen atoms in total. The number of rotatable bonds is 3. The van der Waals surface area contributed by atoms with Crippen LogP contribution in [-0.4, -0.2) is 9.97 Å². The lowest BCUT2D eigenvalue weighted by Crippen LogP contribution is -1.89. The number of aromatic nitrogens is 2. The lowest BCUT2D eigenvalue weighted by atomic mass is 10.3. The summed E-state index contributed by atoms with van der Waals surface area (Å²) in [7, 11) is 0. The predicted octanol–water partition coefficient (Wildman–Crippen LogP) is 3.66. The summed E-state index contributed by atoms with van der Waals surface area (Å²) >= 11 is 11.4. The molecule has 0 amide bonds. The molecule has 0 aliphatic heterocycles. The van der Waals surface area contributed by atoms with E-state index in [1.807, 2.05) is 6.07 Å². The van der Waals surface area contributed by atoms with Gasteiger partial charge in [0.2, 0.25) is 5.88 Å². The Labute approximate surface area is 103 Å². The highest BCUT2D eigenvalue weighted by Gasteiger charge is 2.00. The van der Waals surface area contributed by atoms with Gasteiger partial charge in [-0.3, -0.25) is 4.98 Å². The minimum atomic E-state index is 0.437. The van der Waals surface area contributed by atoms with Crippen LogP contribution in [-0.2, 0) is 5.88 Å². The van der Waals surface area contributed by atoms with Crippen molar-refractivity contribution in [3.8, 4) is 11.6 Å². The third-order valence-corrected chi connectivity index (χ3v) is 2.37. The van der Waals surface area contributed by atoms with Gasteiger partial charge in [0.1, 0.15) is 5.75 Å². The fourth-order valence-electron chi connectivity index (χ4n) is 1.12. The van der Waals surface area contributed by atoms with Gasteiger partial charge in [0.05, 0.1) is 11.2 Å². The Morgan fingerprint density at radius 2 is 2.06 bits per heavy atom. The minimum absolute atomic E-state index is 0.437. The SMILES string of the molecule is ClCc1ccc(Oc2cncc(Cl)c2)nc1. The van der Waals surface area contributed by atoms with Crippen LogP contribution in [0.25, 0.3) is 0 Å². The number of hydrogen-bond acceptors (Lipinski definition) is 3. The molecule has 0 aromatic carbocycles. The van der Waals surface area contributed by atoms with Crippen LogP contribution in [0.5, 0.6) is 11.6 Å². The molecule has 0 N–H and O–H groups in total.